The van der Waals surface area contributed by atoms with Crippen LogP contribution in [0.2, 0.25) is 0 Å². The van der Waals surface area contributed by atoms with Crippen LogP contribution in [0.3, 0.4) is 0 Å². The van der Waals surface area contributed by atoms with E-state index in [1.54, 1.807) is 13.8 Å². The van der Waals surface area contributed by atoms with Gasteiger partial charge in [-0.3, -0.25) is 9.36 Å². The molecule has 1 aromatic heterocycles. The van der Waals surface area contributed by atoms with Crippen LogP contribution in [0.1, 0.15) is 83.2 Å². The molecule has 2 fully saturated rings. The van der Waals surface area contributed by atoms with Gasteiger partial charge in [0, 0.05) is 12.5 Å². The Bertz CT molecular complexity index is 783. The van der Waals surface area contributed by atoms with Gasteiger partial charge in [-0.15, -0.1) is 0 Å². The number of benzene rings is 1. The number of rotatable bonds is 4. The van der Waals surface area contributed by atoms with Crippen LogP contribution in [0.4, 0.5) is 4.39 Å². The van der Waals surface area contributed by atoms with Gasteiger partial charge >= 0.3 is 0 Å². The Morgan fingerprint density at radius 1 is 1.27 bits per heavy atom. The Labute approximate surface area is 154 Å². The van der Waals surface area contributed by atoms with Crippen molar-refractivity contribution in [2.24, 2.45) is 0 Å². The van der Waals surface area contributed by atoms with Crippen molar-refractivity contribution >= 4 is 16.8 Å². The molecule has 0 atom stereocenters. The molecule has 0 saturated heterocycles. The standard InChI is InChI=1S/C15H17FN2.C6H12O2/c16-15-17-13-9-3-8-12(10-4-1-5-10)14(13)18(15)11-6-2-7-11;1-5(7)4-6(2,3)8/h3,8-11H,1-2,4-7H2;8H,4H2,1-3H3. The number of para-hydroxylation sites is 1. The van der Waals surface area contributed by atoms with Crippen molar-refractivity contribution in [1.29, 1.82) is 0 Å². The first-order valence-electron chi connectivity index (χ1n) is 9.64. The molecule has 26 heavy (non-hydrogen) atoms. The lowest BCUT2D eigenvalue weighted by molar-refractivity contribution is -0.120. The number of hydrogen-bond acceptors (Lipinski definition) is 3. The Balaban J connectivity index is 0.000000211. The third-order valence-electron chi connectivity index (χ3n) is 5.36. The number of aromatic nitrogens is 2. The molecule has 4 nitrogen and oxygen atoms in total. The van der Waals surface area contributed by atoms with Gasteiger partial charge in [0.25, 0.3) is 6.08 Å². The summed E-state index contributed by atoms with van der Waals surface area (Å²) in [4.78, 5) is 14.4. The lowest BCUT2D eigenvalue weighted by atomic mass is 9.79. The van der Waals surface area contributed by atoms with Crippen molar-refractivity contribution < 1.29 is 14.3 Å². The SMILES string of the molecule is CC(=O)CC(C)(C)O.Fc1nc2cccc(C3CCC3)c2n1C1CCC1. The van der Waals surface area contributed by atoms with Crippen LogP contribution >= 0.6 is 0 Å². The molecular formula is C21H29FN2O2. The maximum Gasteiger partial charge on any atom is 0.290 e. The summed E-state index contributed by atoms with van der Waals surface area (Å²) in [6.07, 6.45) is 7.17. The van der Waals surface area contributed by atoms with Crippen LogP contribution in [-0.2, 0) is 4.79 Å². The minimum Gasteiger partial charge on any atom is -0.390 e. The number of nitrogens with zero attached hydrogens (tertiary/aromatic N) is 2. The first-order valence-corrected chi connectivity index (χ1v) is 9.64. The van der Waals surface area contributed by atoms with E-state index in [1.807, 2.05) is 16.7 Å². The van der Waals surface area contributed by atoms with Crippen molar-refractivity contribution in [3.05, 3.63) is 29.8 Å². The van der Waals surface area contributed by atoms with Crippen molar-refractivity contribution in [2.75, 3.05) is 0 Å². The highest BCUT2D eigenvalue weighted by molar-refractivity contribution is 5.80. The minimum atomic E-state index is -0.828. The minimum absolute atomic E-state index is 0.0255. The Morgan fingerprint density at radius 2 is 1.92 bits per heavy atom. The summed E-state index contributed by atoms with van der Waals surface area (Å²) in [5.41, 5.74) is 2.40. The van der Waals surface area contributed by atoms with Crippen molar-refractivity contribution in [1.82, 2.24) is 9.55 Å². The zero-order valence-electron chi connectivity index (χ0n) is 16.0. The number of Topliss-reactive ketones (excluding diaryl/α,β-unsaturated/α-hetero) is 1. The summed E-state index contributed by atoms with van der Waals surface area (Å²) in [5, 5.41) is 8.97. The zero-order chi connectivity index (χ0) is 18.9. The van der Waals surface area contributed by atoms with Crippen LogP contribution in [0.25, 0.3) is 11.0 Å². The van der Waals surface area contributed by atoms with Crippen LogP contribution in [0.5, 0.6) is 0 Å². The van der Waals surface area contributed by atoms with Crippen LogP contribution < -0.4 is 0 Å². The molecule has 0 unspecified atom stereocenters. The zero-order valence-corrected chi connectivity index (χ0v) is 16.0. The fraction of sp³-hybridized carbons (Fsp3) is 0.619. The lowest BCUT2D eigenvalue weighted by Gasteiger charge is -2.31. The van der Waals surface area contributed by atoms with Gasteiger partial charge in [-0.05, 0) is 70.4 Å². The average Bonchev–Trinajstić information content (AvgIpc) is 2.70. The first-order chi connectivity index (χ1) is 12.3. The van der Waals surface area contributed by atoms with Crippen molar-refractivity contribution in [3.63, 3.8) is 0 Å². The quantitative estimate of drug-likeness (QED) is 0.843. The van der Waals surface area contributed by atoms with E-state index in [4.69, 9.17) is 5.11 Å². The molecule has 0 amide bonds. The second-order valence-corrected chi connectivity index (χ2v) is 8.37. The van der Waals surface area contributed by atoms with Gasteiger partial charge in [0.1, 0.15) is 5.78 Å². The number of hydrogen-bond donors (Lipinski definition) is 1. The largest absolute Gasteiger partial charge is 0.390 e. The predicted octanol–water partition coefficient (Wildman–Crippen LogP) is 4.90. The Morgan fingerprint density at radius 3 is 2.35 bits per heavy atom. The van der Waals surface area contributed by atoms with E-state index in [2.05, 4.69) is 11.1 Å². The summed E-state index contributed by atoms with van der Waals surface area (Å²) in [5.74, 6) is 0.654. The number of aliphatic hydroxyl groups is 1. The van der Waals surface area contributed by atoms with Crippen LogP contribution in [0, 0.1) is 6.08 Å². The maximum absolute atomic E-state index is 14.1. The molecular weight excluding hydrogens is 331 g/mol. The Hall–Kier alpha value is -1.75. The smallest absolute Gasteiger partial charge is 0.290 e. The molecule has 1 heterocycles. The molecule has 1 N–H and O–H groups in total. The van der Waals surface area contributed by atoms with Crippen LogP contribution in [0.15, 0.2) is 18.2 Å². The number of ketones is 1. The van der Waals surface area contributed by atoms with Gasteiger partial charge in [-0.25, -0.2) is 4.98 Å². The highest BCUT2D eigenvalue weighted by Gasteiger charge is 2.29. The summed E-state index contributed by atoms with van der Waals surface area (Å²) in [6, 6.07) is 6.47. The molecule has 0 bridgehead atoms. The second kappa shape index (κ2) is 7.47. The third kappa shape index (κ3) is 4.14. The topological polar surface area (TPSA) is 55.1 Å². The van der Waals surface area contributed by atoms with E-state index in [1.165, 1.54) is 38.2 Å². The van der Waals surface area contributed by atoms with E-state index in [0.717, 1.165) is 23.9 Å². The van der Waals surface area contributed by atoms with E-state index < -0.39 is 5.60 Å². The van der Waals surface area contributed by atoms with Crippen LogP contribution in [-0.4, -0.2) is 26.0 Å². The van der Waals surface area contributed by atoms with Gasteiger partial charge in [0.05, 0.1) is 16.6 Å². The van der Waals surface area contributed by atoms with E-state index in [9.17, 15) is 9.18 Å². The van der Waals surface area contributed by atoms with E-state index >= 15 is 0 Å². The van der Waals surface area contributed by atoms with Gasteiger partial charge in [-0.1, -0.05) is 18.6 Å². The molecule has 1 aromatic carbocycles. The molecule has 142 valence electrons. The molecule has 4 rings (SSSR count). The summed E-state index contributed by atoms with van der Waals surface area (Å²) in [6.45, 7) is 4.71. The molecule has 0 aliphatic heterocycles. The fourth-order valence-electron chi connectivity index (χ4n) is 3.78. The van der Waals surface area contributed by atoms with Crippen molar-refractivity contribution in [3.8, 4) is 0 Å². The van der Waals surface area contributed by atoms with Gasteiger partial charge in [-0.2, -0.15) is 4.39 Å². The van der Waals surface area contributed by atoms with Gasteiger partial charge < -0.3 is 5.11 Å². The molecule has 0 radical (unpaired) electrons. The molecule has 2 aliphatic carbocycles. The number of carbonyl (C=O) groups is 1. The van der Waals surface area contributed by atoms with Crippen molar-refractivity contribution in [2.45, 2.75) is 83.3 Å². The lowest BCUT2D eigenvalue weighted by Crippen LogP contribution is -2.21. The summed E-state index contributed by atoms with van der Waals surface area (Å²) < 4.78 is 16.0. The van der Waals surface area contributed by atoms with Gasteiger partial charge in [0.15, 0.2) is 0 Å². The normalized spacial score (nSPS) is 18.0. The highest BCUT2D eigenvalue weighted by atomic mass is 19.1. The molecule has 0 spiro atoms. The fourth-order valence-corrected chi connectivity index (χ4v) is 3.78. The Kier molecular flexibility index (Phi) is 5.47. The average molecular weight is 360 g/mol. The molecule has 2 aliphatic rings. The first kappa shape index (κ1) is 19.0. The predicted molar refractivity (Wildman–Crippen MR) is 101 cm³/mol. The number of imidazole rings is 1. The van der Waals surface area contributed by atoms with Gasteiger partial charge in [0.2, 0.25) is 0 Å². The molecule has 5 heteroatoms. The third-order valence-corrected chi connectivity index (χ3v) is 5.36. The second-order valence-electron chi connectivity index (χ2n) is 8.37. The monoisotopic (exact) mass is 360 g/mol. The van der Waals surface area contributed by atoms with E-state index in [0.29, 0.717) is 12.0 Å². The number of halogens is 1. The highest BCUT2D eigenvalue weighted by Crippen LogP contribution is 2.42. The number of carbonyl (C=O) groups excluding carboxylic acids is 1. The molecule has 2 saturated carbocycles. The maximum atomic E-state index is 14.1. The van der Waals surface area contributed by atoms with E-state index in [-0.39, 0.29) is 18.3 Å². The molecule has 2 aromatic rings. The summed E-state index contributed by atoms with van der Waals surface area (Å²) >= 11 is 0. The summed E-state index contributed by atoms with van der Waals surface area (Å²) in [7, 11) is 0. The number of fused-ring (bicyclic) bond motifs is 1.